The fourth-order valence-electron chi connectivity index (χ4n) is 1.52. The maximum atomic E-state index is 12.9. The van der Waals surface area contributed by atoms with E-state index in [0.29, 0.717) is 0 Å². The van der Waals surface area contributed by atoms with E-state index in [-0.39, 0.29) is 27.7 Å². The molecule has 0 atom stereocenters. The molecule has 0 aliphatic carbocycles. The highest BCUT2D eigenvalue weighted by atomic mass is 35.5. The van der Waals surface area contributed by atoms with Crippen LogP contribution in [0.2, 0.25) is 5.02 Å². The molecule has 0 heterocycles. The Balaban J connectivity index is 2.28. The number of nitrogens with one attached hydrogen (secondary N) is 1. The van der Waals surface area contributed by atoms with Crippen LogP contribution in [0.3, 0.4) is 0 Å². The SMILES string of the molecule is Nc1ccc(O)cc1C(=O)Nc1ccc(F)cc1Cl. The monoisotopic (exact) mass is 280 g/mol. The Hall–Kier alpha value is -2.27. The average Bonchev–Trinajstić information content (AvgIpc) is 2.35. The van der Waals surface area contributed by atoms with Crippen molar-refractivity contribution in [3.8, 4) is 5.75 Å². The molecule has 0 aromatic heterocycles. The number of aromatic hydroxyl groups is 1. The lowest BCUT2D eigenvalue weighted by molar-refractivity contribution is 0.102. The van der Waals surface area contributed by atoms with Crippen molar-refractivity contribution < 1.29 is 14.3 Å². The normalized spacial score (nSPS) is 10.2. The minimum absolute atomic E-state index is 0.0760. The van der Waals surface area contributed by atoms with E-state index in [4.69, 9.17) is 17.3 Å². The van der Waals surface area contributed by atoms with Crippen molar-refractivity contribution in [3.05, 3.63) is 52.8 Å². The highest BCUT2D eigenvalue weighted by Gasteiger charge is 2.12. The first-order chi connectivity index (χ1) is 8.97. The molecule has 0 unspecified atom stereocenters. The smallest absolute Gasteiger partial charge is 0.257 e. The minimum Gasteiger partial charge on any atom is -0.508 e. The van der Waals surface area contributed by atoms with Crippen LogP contribution < -0.4 is 11.1 Å². The zero-order chi connectivity index (χ0) is 14.0. The summed E-state index contributed by atoms with van der Waals surface area (Å²) in [7, 11) is 0. The molecular weight excluding hydrogens is 271 g/mol. The Morgan fingerprint density at radius 3 is 2.68 bits per heavy atom. The third-order valence-corrected chi connectivity index (χ3v) is 2.77. The van der Waals surface area contributed by atoms with Gasteiger partial charge in [0.05, 0.1) is 16.3 Å². The van der Waals surface area contributed by atoms with E-state index in [2.05, 4.69) is 5.32 Å². The molecule has 98 valence electrons. The van der Waals surface area contributed by atoms with Gasteiger partial charge in [-0.05, 0) is 36.4 Å². The molecule has 0 fully saturated rings. The minimum atomic E-state index is -0.540. The number of phenols is 1. The summed E-state index contributed by atoms with van der Waals surface area (Å²) in [5.74, 6) is -1.12. The van der Waals surface area contributed by atoms with Crippen LogP contribution in [0.25, 0.3) is 0 Å². The Morgan fingerprint density at radius 1 is 1.26 bits per heavy atom. The fraction of sp³-hybridized carbons (Fsp3) is 0. The summed E-state index contributed by atoms with van der Waals surface area (Å²) in [6, 6.07) is 7.63. The van der Waals surface area contributed by atoms with E-state index in [1.807, 2.05) is 0 Å². The van der Waals surface area contributed by atoms with Gasteiger partial charge >= 0.3 is 0 Å². The number of amides is 1. The molecule has 0 radical (unpaired) electrons. The van der Waals surface area contributed by atoms with Crippen molar-refractivity contribution in [2.24, 2.45) is 0 Å². The fourth-order valence-corrected chi connectivity index (χ4v) is 1.74. The molecule has 0 spiro atoms. The van der Waals surface area contributed by atoms with Gasteiger partial charge < -0.3 is 16.2 Å². The highest BCUT2D eigenvalue weighted by Crippen LogP contribution is 2.25. The number of carbonyl (C=O) groups excluding carboxylic acids is 1. The molecule has 19 heavy (non-hydrogen) atoms. The molecule has 2 aromatic rings. The molecule has 2 rings (SSSR count). The molecule has 0 aliphatic heterocycles. The molecule has 4 nitrogen and oxygen atoms in total. The zero-order valence-electron chi connectivity index (χ0n) is 9.65. The Bertz CT molecular complexity index is 647. The number of benzene rings is 2. The largest absolute Gasteiger partial charge is 0.508 e. The molecule has 1 amide bonds. The number of hydrogen-bond acceptors (Lipinski definition) is 3. The molecule has 4 N–H and O–H groups in total. The Kier molecular flexibility index (Phi) is 3.57. The maximum absolute atomic E-state index is 12.9. The average molecular weight is 281 g/mol. The van der Waals surface area contributed by atoms with E-state index in [0.717, 1.165) is 6.07 Å². The number of rotatable bonds is 2. The van der Waals surface area contributed by atoms with E-state index in [1.165, 1.54) is 30.3 Å². The van der Waals surface area contributed by atoms with Gasteiger partial charge in [-0.3, -0.25) is 4.79 Å². The third kappa shape index (κ3) is 2.95. The number of nitrogen functional groups attached to an aromatic ring is 1. The molecule has 6 heteroatoms. The number of carbonyl (C=O) groups is 1. The van der Waals surface area contributed by atoms with Crippen molar-refractivity contribution in [1.82, 2.24) is 0 Å². The van der Waals surface area contributed by atoms with Crippen LogP contribution in [0.1, 0.15) is 10.4 Å². The van der Waals surface area contributed by atoms with Gasteiger partial charge in [0.15, 0.2) is 0 Å². The first kappa shape index (κ1) is 13.2. The lowest BCUT2D eigenvalue weighted by atomic mass is 10.1. The number of anilines is 2. The van der Waals surface area contributed by atoms with Gasteiger partial charge in [-0.15, -0.1) is 0 Å². The summed E-state index contributed by atoms with van der Waals surface area (Å²) in [6.07, 6.45) is 0. The summed E-state index contributed by atoms with van der Waals surface area (Å²) in [5.41, 5.74) is 6.23. The number of hydrogen-bond donors (Lipinski definition) is 3. The predicted octanol–water partition coefficient (Wildman–Crippen LogP) is 3.02. The van der Waals surface area contributed by atoms with E-state index in [9.17, 15) is 14.3 Å². The van der Waals surface area contributed by atoms with Crippen LogP contribution in [0, 0.1) is 5.82 Å². The number of halogens is 2. The first-order valence-electron chi connectivity index (χ1n) is 5.32. The van der Waals surface area contributed by atoms with E-state index in [1.54, 1.807) is 0 Å². The Morgan fingerprint density at radius 2 is 2.00 bits per heavy atom. The van der Waals surface area contributed by atoms with Crippen LogP contribution >= 0.6 is 11.6 Å². The second-order valence-electron chi connectivity index (χ2n) is 3.85. The summed E-state index contributed by atoms with van der Waals surface area (Å²) in [4.78, 5) is 12.0. The summed E-state index contributed by atoms with van der Waals surface area (Å²) in [6.45, 7) is 0. The van der Waals surface area contributed by atoms with Crippen molar-refractivity contribution in [3.63, 3.8) is 0 Å². The van der Waals surface area contributed by atoms with Crippen LogP contribution in [-0.4, -0.2) is 11.0 Å². The highest BCUT2D eigenvalue weighted by molar-refractivity contribution is 6.34. The molecule has 0 saturated carbocycles. The van der Waals surface area contributed by atoms with Crippen LogP contribution in [0.4, 0.5) is 15.8 Å². The quantitative estimate of drug-likeness (QED) is 0.585. The van der Waals surface area contributed by atoms with Gasteiger partial charge in [0.25, 0.3) is 5.91 Å². The molecule has 0 aliphatic rings. The lowest BCUT2D eigenvalue weighted by Crippen LogP contribution is -2.14. The second-order valence-corrected chi connectivity index (χ2v) is 4.26. The molecular formula is C13H10ClFN2O2. The second kappa shape index (κ2) is 5.16. The van der Waals surface area contributed by atoms with Crippen LogP contribution in [0.5, 0.6) is 5.75 Å². The Labute approximate surface area is 113 Å². The number of nitrogens with two attached hydrogens (primary N) is 1. The summed E-state index contributed by atoms with van der Waals surface area (Å²) >= 11 is 5.80. The van der Waals surface area contributed by atoms with Crippen LogP contribution in [-0.2, 0) is 0 Å². The van der Waals surface area contributed by atoms with Gasteiger partial charge in [0, 0.05) is 5.69 Å². The number of phenolic OH excluding ortho intramolecular Hbond substituents is 1. The third-order valence-electron chi connectivity index (χ3n) is 2.46. The first-order valence-corrected chi connectivity index (χ1v) is 5.70. The van der Waals surface area contributed by atoms with Gasteiger partial charge in [-0.1, -0.05) is 11.6 Å². The van der Waals surface area contributed by atoms with Crippen molar-refractivity contribution in [1.29, 1.82) is 0 Å². The summed E-state index contributed by atoms with van der Waals surface area (Å²) < 4.78 is 12.9. The molecule has 0 saturated heterocycles. The molecule has 2 aromatic carbocycles. The van der Waals surface area contributed by atoms with Gasteiger partial charge in [0.2, 0.25) is 0 Å². The van der Waals surface area contributed by atoms with Crippen LogP contribution in [0.15, 0.2) is 36.4 Å². The zero-order valence-corrected chi connectivity index (χ0v) is 10.4. The topological polar surface area (TPSA) is 75.3 Å². The lowest BCUT2D eigenvalue weighted by Gasteiger charge is -2.09. The predicted molar refractivity (Wildman–Crippen MR) is 71.9 cm³/mol. The molecule has 0 bridgehead atoms. The van der Waals surface area contributed by atoms with Crippen molar-refractivity contribution in [2.45, 2.75) is 0 Å². The standard InChI is InChI=1S/C13H10ClFN2O2/c14-10-5-7(15)1-4-12(10)17-13(19)9-6-8(18)2-3-11(9)16/h1-6,18H,16H2,(H,17,19). The van der Waals surface area contributed by atoms with Gasteiger partial charge in [-0.2, -0.15) is 0 Å². The summed E-state index contributed by atoms with van der Waals surface area (Å²) in [5, 5.41) is 11.9. The van der Waals surface area contributed by atoms with E-state index >= 15 is 0 Å². The van der Waals surface area contributed by atoms with E-state index < -0.39 is 11.7 Å². The van der Waals surface area contributed by atoms with Crippen molar-refractivity contribution >= 4 is 28.9 Å². The van der Waals surface area contributed by atoms with Gasteiger partial charge in [0.1, 0.15) is 11.6 Å². The van der Waals surface area contributed by atoms with Gasteiger partial charge in [-0.25, -0.2) is 4.39 Å². The maximum Gasteiger partial charge on any atom is 0.257 e. The van der Waals surface area contributed by atoms with Crippen molar-refractivity contribution in [2.75, 3.05) is 11.1 Å².